The molecule has 0 unspecified atom stereocenters. The molecule has 2 aromatic carbocycles. The molecule has 3 aromatic rings. The van der Waals surface area contributed by atoms with E-state index in [9.17, 15) is 19.7 Å². The van der Waals surface area contributed by atoms with Crippen molar-refractivity contribution in [3.63, 3.8) is 0 Å². The van der Waals surface area contributed by atoms with Gasteiger partial charge in [-0.3, -0.25) is 14.9 Å². The first kappa shape index (κ1) is 24.4. The lowest BCUT2D eigenvalue weighted by Gasteiger charge is -2.10. The minimum atomic E-state index is -0.599. The van der Waals surface area contributed by atoms with Gasteiger partial charge in [0.1, 0.15) is 4.88 Å². The summed E-state index contributed by atoms with van der Waals surface area (Å²) in [5.74, 6) is -0.493. The number of carbonyl (C=O) groups is 2. The monoisotopic (exact) mass is 483 g/mol. The third-order valence-corrected chi connectivity index (χ3v) is 5.12. The van der Waals surface area contributed by atoms with Gasteiger partial charge in [0.2, 0.25) is 0 Å². The van der Waals surface area contributed by atoms with Gasteiger partial charge in [-0.2, -0.15) is 5.10 Å². The number of nitrogens with one attached hydrogen (secondary N) is 1. The molecular formula is C23H21N3O7S. The van der Waals surface area contributed by atoms with Crippen molar-refractivity contribution in [2.75, 3.05) is 13.2 Å². The first-order valence-corrected chi connectivity index (χ1v) is 11.0. The van der Waals surface area contributed by atoms with Crippen LogP contribution in [0.15, 0.2) is 59.0 Å². The van der Waals surface area contributed by atoms with Gasteiger partial charge in [-0.15, -0.1) is 11.3 Å². The maximum Gasteiger partial charge on any atom is 0.353 e. The smallest absolute Gasteiger partial charge is 0.353 e. The topological polar surface area (TPSA) is 129 Å². The third-order valence-electron chi connectivity index (χ3n) is 4.27. The molecule has 34 heavy (non-hydrogen) atoms. The van der Waals surface area contributed by atoms with E-state index >= 15 is 0 Å². The first-order chi connectivity index (χ1) is 16.4. The van der Waals surface area contributed by atoms with Crippen molar-refractivity contribution in [3.05, 3.63) is 80.0 Å². The molecule has 10 nitrogen and oxygen atoms in total. The maximum absolute atomic E-state index is 12.2. The number of benzene rings is 2. The highest BCUT2D eigenvalue weighted by atomic mass is 32.1. The highest BCUT2D eigenvalue weighted by Crippen LogP contribution is 2.29. The molecule has 176 valence electrons. The van der Waals surface area contributed by atoms with E-state index in [4.69, 9.17) is 14.2 Å². The van der Waals surface area contributed by atoms with Gasteiger partial charge < -0.3 is 14.2 Å². The van der Waals surface area contributed by atoms with Crippen LogP contribution >= 0.6 is 11.3 Å². The lowest BCUT2D eigenvalue weighted by molar-refractivity contribution is -0.385. The predicted molar refractivity (Wildman–Crippen MR) is 126 cm³/mol. The van der Waals surface area contributed by atoms with Crippen molar-refractivity contribution in [3.8, 4) is 17.2 Å². The van der Waals surface area contributed by atoms with E-state index < -0.39 is 23.4 Å². The van der Waals surface area contributed by atoms with Crippen molar-refractivity contribution >= 4 is 35.1 Å². The van der Waals surface area contributed by atoms with Gasteiger partial charge in [-0.25, -0.2) is 10.2 Å². The average Bonchev–Trinajstić information content (AvgIpc) is 3.35. The van der Waals surface area contributed by atoms with Crippen LogP contribution in [0.1, 0.15) is 27.7 Å². The Morgan fingerprint density at radius 2 is 1.91 bits per heavy atom. The molecule has 1 heterocycles. The summed E-state index contributed by atoms with van der Waals surface area (Å²) >= 11 is 1.27. The highest BCUT2D eigenvalue weighted by Gasteiger charge is 2.16. The van der Waals surface area contributed by atoms with Crippen molar-refractivity contribution in [1.82, 2.24) is 5.43 Å². The van der Waals surface area contributed by atoms with E-state index in [1.165, 1.54) is 29.7 Å². The summed E-state index contributed by atoms with van der Waals surface area (Å²) in [6, 6.07) is 12.7. The summed E-state index contributed by atoms with van der Waals surface area (Å²) in [5.41, 5.74) is 3.35. The van der Waals surface area contributed by atoms with Crippen LogP contribution in [0.2, 0.25) is 0 Å². The number of nitro benzene ring substituents is 1. The van der Waals surface area contributed by atoms with Crippen molar-refractivity contribution in [2.45, 2.75) is 13.8 Å². The summed E-state index contributed by atoms with van der Waals surface area (Å²) in [6.07, 6.45) is 1.37. The Bertz CT molecular complexity index is 1210. The Labute approximate surface area is 198 Å². The molecule has 3 rings (SSSR count). The fraction of sp³-hybridized carbons (Fsp3) is 0.174. The zero-order valence-electron chi connectivity index (χ0n) is 18.3. The summed E-state index contributed by atoms with van der Waals surface area (Å²) in [5, 5.41) is 16.8. The Morgan fingerprint density at radius 3 is 2.62 bits per heavy atom. The van der Waals surface area contributed by atoms with E-state index in [-0.39, 0.29) is 17.2 Å². The van der Waals surface area contributed by atoms with Crippen LogP contribution in [0.3, 0.4) is 0 Å². The fourth-order valence-corrected chi connectivity index (χ4v) is 3.35. The van der Waals surface area contributed by atoms with E-state index in [0.717, 1.165) is 0 Å². The number of aryl methyl sites for hydroxylation is 1. The molecule has 0 aliphatic heterocycles. The number of nitro groups is 1. The molecule has 0 radical (unpaired) electrons. The third kappa shape index (κ3) is 6.62. The second kappa shape index (κ2) is 11.6. The summed E-state index contributed by atoms with van der Waals surface area (Å²) in [7, 11) is 0. The fourth-order valence-electron chi connectivity index (χ4n) is 2.75. The Hall–Kier alpha value is -4.25. The van der Waals surface area contributed by atoms with Crippen LogP contribution in [-0.4, -0.2) is 36.2 Å². The molecule has 1 amide bonds. The molecule has 0 saturated carbocycles. The minimum absolute atomic E-state index is 0.0104. The second-order valence-electron chi connectivity index (χ2n) is 6.82. The van der Waals surface area contributed by atoms with Crippen LogP contribution in [0.25, 0.3) is 0 Å². The van der Waals surface area contributed by atoms with Gasteiger partial charge in [0, 0.05) is 6.07 Å². The number of amides is 1. The zero-order valence-corrected chi connectivity index (χ0v) is 19.2. The standard InChI is InChI=1S/C23H21N3O7S/c1-3-31-20-12-16(7-9-19(20)33-23(28)21-5-4-10-34-21)13-24-25-22(27)14-32-18-8-6-15(2)11-17(18)26(29)30/h4-13H,3,14H2,1-2H3,(H,25,27)/b24-13-. The number of hydrazone groups is 1. The summed E-state index contributed by atoms with van der Waals surface area (Å²) in [4.78, 5) is 35.2. The molecule has 1 aromatic heterocycles. The molecule has 0 saturated heterocycles. The number of nitrogens with zero attached hydrogens (tertiary/aromatic N) is 2. The molecule has 0 atom stereocenters. The van der Waals surface area contributed by atoms with Crippen LogP contribution in [-0.2, 0) is 4.79 Å². The van der Waals surface area contributed by atoms with Crippen molar-refractivity contribution in [2.24, 2.45) is 5.10 Å². The Kier molecular flexibility index (Phi) is 8.30. The molecular weight excluding hydrogens is 462 g/mol. The molecule has 0 aliphatic carbocycles. The Balaban J connectivity index is 1.59. The SMILES string of the molecule is CCOc1cc(/C=N\NC(=O)COc2ccc(C)cc2[N+](=O)[O-])ccc1OC(=O)c1cccs1. The van der Waals surface area contributed by atoms with Gasteiger partial charge in [-0.1, -0.05) is 12.1 Å². The van der Waals surface area contributed by atoms with Crippen LogP contribution in [0.4, 0.5) is 5.69 Å². The number of hydrogen-bond acceptors (Lipinski definition) is 9. The van der Waals surface area contributed by atoms with E-state index in [1.54, 1.807) is 55.6 Å². The van der Waals surface area contributed by atoms with Gasteiger partial charge in [0.25, 0.3) is 5.91 Å². The normalized spacial score (nSPS) is 10.6. The quantitative estimate of drug-likeness (QED) is 0.151. The van der Waals surface area contributed by atoms with E-state index in [2.05, 4.69) is 10.5 Å². The molecule has 11 heteroatoms. The van der Waals surface area contributed by atoms with Crippen molar-refractivity contribution < 1.29 is 28.7 Å². The molecule has 0 spiro atoms. The van der Waals surface area contributed by atoms with Gasteiger partial charge >= 0.3 is 11.7 Å². The van der Waals surface area contributed by atoms with E-state index in [1.807, 2.05) is 0 Å². The first-order valence-electron chi connectivity index (χ1n) is 10.1. The predicted octanol–water partition coefficient (Wildman–Crippen LogP) is 4.11. The highest BCUT2D eigenvalue weighted by molar-refractivity contribution is 7.12. The largest absolute Gasteiger partial charge is 0.490 e. The lowest BCUT2D eigenvalue weighted by atomic mass is 10.2. The van der Waals surface area contributed by atoms with Crippen molar-refractivity contribution in [1.29, 1.82) is 0 Å². The number of rotatable bonds is 10. The number of ether oxygens (including phenoxy) is 3. The molecule has 0 fully saturated rings. The average molecular weight is 484 g/mol. The second-order valence-corrected chi connectivity index (χ2v) is 7.76. The summed E-state index contributed by atoms with van der Waals surface area (Å²) in [6.45, 7) is 3.41. The molecule has 0 aliphatic rings. The van der Waals surface area contributed by atoms with Gasteiger partial charge in [-0.05, 0) is 60.7 Å². The molecule has 0 bridgehead atoms. The van der Waals surface area contributed by atoms with E-state index in [0.29, 0.717) is 28.4 Å². The maximum atomic E-state index is 12.2. The van der Waals surface area contributed by atoms with Gasteiger partial charge in [0.15, 0.2) is 23.9 Å². The number of thiophene rings is 1. The summed E-state index contributed by atoms with van der Waals surface area (Å²) < 4.78 is 16.2. The lowest BCUT2D eigenvalue weighted by Crippen LogP contribution is -2.24. The minimum Gasteiger partial charge on any atom is -0.490 e. The zero-order chi connectivity index (χ0) is 24.5. The van der Waals surface area contributed by atoms with Gasteiger partial charge in [0.05, 0.1) is 17.7 Å². The molecule has 1 N–H and O–H groups in total. The van der Waals surface area contributed by atoms with Crippen LogP contribution in [0, 0.1) is 17.0 Å². The number of hydrogen-bond donors (Lipinski definition) is 1. The Morgan fingerprint density at radius 1 is 1.12 bits per heavy atom. The van der Waals surface area contributed by atoms with Crippen LogP contribution in [0.5, 0.6) is 17.2 Å². The number of esters is 1. The van der Waals surface area contributed by atoms with Crippen LogP contribution < -0.4 is 19.6 Å². The number of carbonyl (C=O) groups excluding carboxylic acids is 2.